The summed E-state index contributed by atoms with van der Waals surface area (Å²) >= 11 is 0. The Morgan fingerprint density at radius 1 is 1.03 bits per heavy atom. The van der Waals surface area contributed by atoms with Crippen LogP contribution < -0.4 is 15.3 Å². The molecule has 34 heavy (non-hydrogen) atoms. The number of nitrogens with zero attached hydrogens (tertiary/aromatic N) is 3. The average Bonchev–Trinajstić information content (AvgIpc) is 3.18. The van der Waals surface area contributed by atoms with Gasteiger partial charge in [-0.1, -0.05) is 36.4 Å². The van der Waals surface area contributed by atoms with Gasteiger partial charge in [0.15, 0.2) is 0 Å². The van der Waals surface area contributed by atoms with Gasteiger partial charge in [0, 0.05) is 11.6 Å². The molecule has 172 valence electrons. The molecule has 5 rings (SSSR count). The molecule has 2 heterocycles. The summed E-state index contributed by atoms with van der Waals surface area (Å²) in [5.41, 5.74) is 4.39. The fourth-order valence-electron chi connectivity index (χ4n) is 4.36. The van der Waals surface area contributed by atoms with E-state index in [0.717, 1.165) is 10.2 Å². The number of amides is 1. The van der Waals surface area contributed by atoms with Gasteiger partial charge in [0.05, 0.1) is 21.5 Å². The third-order valence-corrected chi connectivity index (χ3v) is 7.88. The van der Waals surface area contributed by atoms with E-state index in [1.165, 1.54) is 28.6 Å². The van der Waals surface area contributed by atoms with E-state index in [2.05, 4.69) is 10.4 Å². The highest BCUT2D eigenvalue weighted by atomic mass is 32.2. The van der Waals surface area contributed by atoms with Crippen molar-refractivity contribution >= 4 is 32.5 Å². The minimum absolute atomic E-state index is 0.00408. The largest absolute Gasteiger partial charge is 0.280 e. The molecule has 1 aliphatic rings. The SMILES string of the molecule is Cc1nc2ccccc2c(=O)n1NC(=O)c1cccc(S(=O)(=O)N2c3ccccc3C[C@@H]2C)c1. The molecule has 0 spiro atoms. The number of benzene rings is 3. The molecule has 0 unspecified atom stereocenters. The normalized spacial score (nSPS) is 15.4. The van der Waals surface area contributed by atoms with Crippen LogP contribution in [0.3, 0.4) is 0 Å². The van der Waals surface area contributed by atoms with E-state index in [1.807, 2.05) is 19.1 Å². The van der Waals surface area contributed by atoms with Crippen molar-refractivity contribution in [3.05, 3.63) is 100 Å². The first-order valence-corrected chi connectivity index (χ1v) is 12.2. The van der Waals surface area contributed by atoms with Gasteiger partial charge in [0.25, 0.3) is 21.5 Å². The maximum atomic E-state index is 13.5. The summed E-state index contributed by atoms with van der Waals surface area (Å²) in [5.74, 6) is -0.308. The van der Waals surface area contributed by atoms with Gasteiger partial charge in [-0.25, -0.2) is 18.1 Å². The van der Waals surface area contributed by atoms with Gasteiger partial charge >= 0.3 is 0 Å². The molecular formula is C25H22N4O4S. The minimum atomic E-state index is -3.90. The van der Waals surface area contributed by atoms with Crippen molar-refractivity contribution in [2.24, 2.45) is 0 Å². The van der Waals surface area contributed by atoms with Crippen LogP contribution in [0, 0.1) is 6.92 Å². The highest BCUT2D eigenvalue weighted by molar-refractivity contribution is 7.92. The number of nitrogens with one attached hydrogen (secondary N) is 1. The third-order valence-electron chi connectivity index (χ3n) is 5.95. The Morgan fingerprint density at radius 2 is 1.76 bits per heavy atom. The Balaban J connectivity index is 1.49. The quantitative estimate of drug-likeness (QED) is 0.489. The van der Waals surface area contributed by atoms with Gasteiger partial charge in [-0.05, 0) is 62.2 Å². The van der Waals surface area contributed by atoms with E-state index in [4.69, 9.17) is 0 Å². The zero-order valence-electron chi connectivity index (χ0n) is 18.6. The van der Waals surface area contributed by atoms with Gasteiger partial charge < -0.3 is 0 Å². The maximum Gasteiger partial charge on any atom is 0.280 e. The smallest absolute Gasteiger partial charge is 0.267 e. The van der Waals surface area contributed by atoms with Crippen molar-refractivity contribution in [2.75, 3.05) is 9.73 Å². The second kappa shape index (κ2) is 8.11. The standard InChI is InChI=1S/C25H22N4O4S/c1-16-14-18-8-3-6-13-23(18)29(16)34(32,33)20-10-7-9-19(15-20)24(30)27-28-17(2)26-22-12-5-4-11-21(22)25(28)31/h3-13,15-16H,14H2,1-2H3,(H,27,30)/t16-/m0/s1. The highest BCUT2D eigenvalue weighted by Gasteiger charge is 2.36. The topological polar surface area (TPSA) is 101 Å². The fraction of sp³-hybridized carbons (Fsp3) is 0.160. The van der Waals surface area contributed by atoms with Crippen LogP contribution in [0.2, 0.25) is 0 Å². The molecule has 0 bridgehead atoms. The molecule has 1 aliphatic heterocycles. The van der Waals surface area contributed by atoms with E-state index in [1.54, 1.807) is 43.3 Å². The Hall–Kier alpha value is -3.98. The first-order valence-electron chi connectivity index (χ1n) is 10.8. The monoisotopic (exact) mass is 474 g/mol. The number of hydrogen-bond donors (Lipinski definition) is 1. The number of carbonyl (C=O) groups excluding carboxylic acids is 1. The van der Waals surface area contributed by atoms with E-state index in [0.29, 0.717) is 28.8 Å². The summed E-state index contributed by atoms with van der Waals surface area (Å²) in [6.45, 7) is 3.47. The lowest BCUT2D eigenvalue weighted by atomic mass is 10.1. The Labute approximate surface area is 196 Å². The predicted octanol–water partition coefficient (Wildman–Crippen LogP) is 3.23. The molecule has 0 aliphatic carbocycles. The van der Waals surface area contributed by atoms with Crippen molar-refractivity contribution in [2.45, 2.75) is 31.2 Å². The number of para-hydroxylation sites is 2. The highest BCUT2D eigenvalue weighted by Crippen LogP contribution is 2.36. The predicted molar refractivity (Wildman–Crippen MR) is 130 cm³/mol. The summed E-state index contributed by atoms with van der Waals surface area (Å²) in [6.07, 6.45) is 0.618. The zero-order chi connectivity index (χ0) is 24.0. The second-order valence-corrected chi connectivity index (χ2v) is 10.1. The molecule has 1 aromatic heterocycles. The van der Waals surface area contributed by atoms with Crippen LogP contribution in [0.4, 0.5) is 5.69 Å². The van der Waals surface area contributed by atoms with E-state index >= 15 is 0 Å². The minimum Gasteiger partial charge on any atom is -0.267 e. The molecule has 0 saturated carbocycles. The van der Waals surface area contributed by atoms with Gasteiger partial charge in [-0.2, -0.15) is 0 Å². The Morgan fingerprint density at radius 3 is 2.59 bits per heavy atom. The van der Waals surface area contributed by atoms with Gasteiger partial charge in [-0.15, -0.1) is 0 Å². The van der Waals surface area contributed by atoms with Crippen LogP contribution in [0.15, 0.2) is 82.5 Å². The van der Waals surface area contributed by atoms with Crippen LogP contribution in [-0.4, -0.2) is 30.0 Å². The van der Waals surface area contributed by atoms with Crippen LogP contribution in [0.5, 0.6) is 0 Å². The number of aryl methyl sites for hydroxylation is 1. The maximum absolute atomic E-state index is 13.5. The van der Waals surface area contributed by atoms with Crippen molar-refractivity contribution < 1.29 is 13.2 Å². The summed E-state index contributed by atoms with van der Waals surface area (Å²) in [4.78, 5) is 30.3. The molecule has 0 radical (unpaired) electrons. The molecule has 4 aromatic rings. The first-order chi connectivity index (χ1) is 16.3. The molecule has 0 saturated heterocycles. The number of sulfonamides is 1. The van der Waals surface area contributed by atoms with Gasteiger partial charge in [0.2, 0.25) is 0 Å². The molecular weight excluding hydrogens is 452 g/mol. The van der Waals surface area contributed by atoms with E-state index in [-0.39, 0.29) is 16.5 Å². The molecule has 0 fully saturated rings. The van der Waals surface area contributed by atoms with Crippen LogP contribution in [0.25, 0.3) is 10.9 Å². The van der Waals surface area contributed by atoms with Crippen LogP contribution in [-0.2, 0) is 16.4 Å². The molecule has 1 atom stereocenters. The van der Waals surface area contributed by atoms with Gasteiger partial charge in [0.1, 0.15) is 5.82 Å². The third kappa shape index (κ3) is 3.54. The fourth-order valence-corrected chi connectivity index (χ4v) is 6.10. The zero-order valence-corrected chi connectivity index (χ0v) is 19.4. The summed E-state index contributed by atoms with van der Waals surface area (Å²) in [5, 5.41) is 0.367. The Bertz CT molecular complexity index is 1610. The van der Waals surface area contributed by atoms with E-state index in [9.17, 15) is 18.0 Å². The lowest BCUT2D eigenvalue weighted by molar-refractivity contribution is 0.101. The van der Waals surface area contributed by atoms with Crippen molar-refractivity contribution in [1.82, 2.24) is 9.66 Å². The van der Waals surface area contributed by atoms with Gasteiger partial charge in [-0.3, -0.25) is 19.3 Å². The summed E-state index contributed by atoms with van der Waals surface area (Å²) in [7, 11) is -3.90. The lowest BCUT2D eigenvalue weighted by Crippen LogP contribution is -2.36. The van der Waals surface area contributed by atoms with Crippen molar-refractivity contribution in [1.29, 1.82) is 0 Å². The number of rotatable bonds is 4. The summed E-state index contributed by atoms with van der Waals surface area (Å²) < 4.78 is 29.5. The number of hydrogen-bond acceptors (Lipinski definition) is 5. The molecule has 8 nitrogen and oxygen atoms in total. The van der Waals surface area contributed by atoms with Crippen molar-refractivity contribution in [3.8, 4) is 0 Å². The lowest BCUT2D eigenvalue weighted by Gasteiger charge is -2.24. The van der Waals surface area contributed by atoms with Crippen LogP contribution >= 0.6 is 0 Å². The number of aromatic nitrogens is 2. The molecule has 3 aromatic carbocycles. The first kappa shape index (κ1) is 21.8. The number of anilines is 1. The number of fused-ring (bicyclic) bond motifs is 2. The van der Waals surface area contributed by atoms with Crippen LogP contribution in [0.1, 0.15) is 28.7 Å². The Kier molecular flexibility index (Phi) is 5.21. The van der Waals surface area contributed by atoms with Crippen molar-refractivity contribution in [3.63, 3.8) is 0 Å². The average molecular weight is 475 g/mol. The molecule has 1 N–H and O–H groups in total. The second-order valence-electron chi connectivity index (χ2n) is 8.27. The summed E-state index contributed by atoms with van der Waals surface area (Å²) in [6, 6.07) is 19.8. The molecule has 1 amide bonds. The number of carbonyl (C=O) groups is 1. The van der Waals surface area contributed by atoms with E-state index < -0.39 is 21.5 Å². The molecule has 9 heteroatoms.